The topological polar surface area (TPSA) is 56.1 Å². The summed E-state index contributed by atoms with van der Waals surface area (Å²) in [7, 11) is 0. The molecular weight excluding hydrogens is 470 g/mol. The fourth-order valence-corrected chi connectivity index (χ4v) is 4.55. The third-order valence-corrected chi connectivity index (χ3v) is 6.67. The third-order valence-electron chi connectivity index (χ3n) is 6.34. The number of hydrogen-bond donors (Lipinski definition) is 1. The molecule has 0 saturated carbocycles. The number of benzene rings is 3. The maximum absolute atomic E-state index is 12.3. The van der Waals surface area contributed by atoms with Crippen LogP contribution in [0.3, 0.4) is 0 Å². The summed E-state index contributed by atoms with van der Waals surface area (Å²) in [4.78, 5) is 17.2. The lowest BCUT2D eigenvalue weighted by atomic mass is 10.1. The van der Waals surface area contributed by atoms with Gasteiger partial charge in [-0.3, -0.25) is 4.79 Å². The van der Waals surface area contributed by atoms with Crippen LogP contribution < -0.4 is 10.1 Å². The Kier molecular flexibility index (Phi) is 9.40. The van der Waals surface area contributed by atoms with Gasteiger partial charge < -0.3 is 14.6 Å². The lowest BCUT2D eigenvalue weighted by Gasteiger charge is -2.11. The second-order valence-corrected chi connectivity index (χ2v) is 9.32. The van der Waals surface area contributed by atoms with E-state index in [1.165, 1.54) is 11.1 Å². The van der Waals surface area contributed by atoms with Crippen LogP contribution in [0, 0.1) is 0 Å². The quantitative estimate of drug-likeness (QED) is 0.203. The number of imidazole rings is 1. The second-order valence-electron chi connectivity index (χ2n) is 8.91. The highest BCUT2D eigenvalue weighted by Gasteiger charge is 2.11. The van der Waals surface area contributed by atoms with Crippen molar-refractivity contribution < 1.29 is 9.53 Å². The number of ether oxygens (including phenoxy) is 1. The molecule has 0 unspecified atom stereocenters. The number of hydrogen-bond acceptors (Lipinski definition) is 3. The van der Waals surface area contributed by atoms with E-state index in [4.69, 9.17) is 21.3 Å². The Labute approximate surface area is 218 Å². The smallest absolute Gasteiger partial charge is 0.252 e. The van der Waals surface area contributed by atoms with E-state index in [2.05, 4.69) is 47.1 Å². The van der Waals surface area contributed by atoms with Crippen molar-refractivity contribution in [3.05, 3.63) is 94.8 Å². The number of rotatable bonds is 13. The number of amides is 1. The van der Waals surface area contributed by atoms with Crippen LogP contribution in [0.1, 0.15) is 54.4 Å². The van der Waals surface area contributed by atoms with E-state index in [1.54, 1.807) is 12.1 Å². The molecule has 36 heavy (non-hydrogen) atoms. The molecule has 1 heterocycles. The lowest BCUT2D eigenvalue weighted by Crippen LogP contribution is -2.24. The third kappa shape index (κ3) is 6.88. The van der Waals surface area contributed by atoms with Crippen molar-refractivity contribution in [2.24, 2.45) is 0 Å². The van der Waals surface area contributed by atoms with Gasteiger partial charge in [-0.25, -0.2) is 4.98 Å². The molecule has 0 radical (unpaired) electrons. The molecule has 0 atom stereocenters. The largest absolute Gasteiger partial charge is 0.494 e. The van der Waals surface area contributed by atoms with Gasteiger partial charge in [-0.1, -0.05) is 61.3 Å². The van der Waals surface area contributed by atoms with Gasteiger partial charge in [-0.05, 0) is 67.6 Å². The minimum absolute atomic E-state index is 0.120. The summed E-state index contributed by atoms with van der Waals surface area (Å²) in [5.74, 6) is 1.92. The minimum atomic E-state index is -0.120. The summed E-state index contributed by atoms with van der Waals surface area (Å²) in [6, 6.07) is 23.8. The summed E-state index contributed by atoms with van der Waals surface area (Å²) in [6.45, 7) is 4.33. The summed E-state index contributed by atoms with van der Waals surface area (Å²) in [5.41, 5.74) is 4.05. The SMILES string of the molecule is CCc1ccc(OCCCn2c(CCCCCNC(=O)c3ccccc3Cl)nc3ccccc32)cc1. The molecule has 188 valence electrons. The summed E-state index contributed by atoms with van der Waals surface area (Å²) in [6.07, 6.45) is 5.81. The molecule has 3 aromatic carbocycles. The molecule has 0 aliphatic carbocycles. The van der Waals surface area contributed by atoms with E-state index in [0.717, 1.165) is 62.2 Å². The van der Waals surface area contributed by atoms with Crippen molar-refractivity contribution in [1.82, 2.24) is 14.9 Å². The highest BCUT2D eigenvalue weighted by Crippen LogP contribution is 2.19. The summed E-state index contributed by atoms with van der Waals surface area (Å²) < 4.78 is 8.29. The first-order valence-electron chi connectivity index (χ1n) is 12.8. The van der Waals surface area contributed by atoms with Crippen LogP contribution in [0.4, 0.5) is 0 Å². The first-order valence-corrected chi connectivity index (χ1v) is 13.2. The molecule has 1 N–H and O–H groups in total. The zero-order valence-corrected chi connectivity index (χ0v) is 21.6. The molecule has 4 aromatic rings. The highest BCUT2D eigenvalue weighted by molar-refractivity contribution is 6.33. The summed E-state index contributed by atoms with van der Waals surface area (Å²) in [5, 5.41) is 3.45. The number of halogens is 1. The average molecular weight is 504 g/mol. The zero-order chi connectivity index (χ0) is 25.2. The molecule has 1 amide bonds. The van der Waals surface area contributed by atoms with E-state index >= 15 is 0 Å². The van der Waals surface area contributed by atoms with E-state index < -0.39 is 0 Å². The fourth-order valence-electron chi connectivity index (χ4n) is 4.33. The number of aromatic nitrogens is 2. The van der Waals surface area contributed by atoms with Crippen molar-refractivity contribution >= 4 is 28.5 Å². The molecule has 6 heteroatoms. The van der Waals surface area contributed by atoms with Crippen LogP contribution in [0.5, 0.6) is 5.75 Å². The van der Waals surface area contributed by atoms with Gasteiger partial charge in [0.05, 0.1) is 28.2 Å². The number of nitrogens with one attached hydrogen (secondary N) is 1. The molecule has 5 nitrogen and oxygen atoms in total. The number of nitrogens with zero attached hydrogens (tertiary/aromatic N) is 2. The normalized spacial score (nSPS) is 11.1. The maximum Gasteiger partial charge on any atom is 0.252 e. The molecule has 0 spiro atoms. The van der Waals surface area contributed by atoms with Crippen molar-refractivity contribution in [3.63, 3.8) is 0 Å². The van der Waals surface area contributed by atoms with Crippen molar-refractivity contribution in [3.8, 4) is 5.75 Å². The van der Waals surface area contributed by atoms with Gasteiger partial charge in [0.15, 0.2) is 0 Å². The molecule has 0 bridgehead atoms. The predicted octanol–water partition coefficient (Wildman–Crippen LogP) is 6.86. The van der Waals surface area contributed by atoms with E-state index in [-0.39, 0.29) is 5.91 Å². The monoisotopic (exact) mass is 503 g/mol. The maximum atomic E-state index is 12.3. The van der Waals surface area contributed by atoms with Crippen LogP contribution >= 0.6 is 11.6 Å². The Morgan fingerprint density at radius 3 is 2.53 bits per heavy atom. The Bertz CT molecular complexity index is 1270. The summed E-state index contributed by atoms with van der Waals surface area (Å²) >= 11 is 6.11. The van der Waals surface area contributed by atoms with Crippen LogP contribution in [-0.4, -0.2) is 28.6 Å². The van der Waals surface area contributed by atoms with Gasteiger partial charge in [-0.2, -0.15) is 0 Å². The Morgan fingerprint density at radius 2 is 1.72 bits per heavy atom. The molecule has 0 saturated heterocycles. The van der Waals surface area contributed by atoms with Crippen molar-refractivity contribution in [2.75, 3.05) is 13.2 Å². The van der Waals surface area contributed by atoms with Crippen LogP contribution in [0.25, 0.3) is 11.0 Å². The Morgan fingerprint density at radius 1 is 0.944 bits per heavy atom. The highest BCUT2D eigenvalue weighted by atomic mass is 35.5. The van der Waals surface area contributed by atoms with Gasteiger partial charge in [0.2, 0.25) is 0 Å². The molecule has 4 rings (SSSR count). The Hall–Kier alpha value is -3.31. The second kappa shape index (κ2) is 13.1. The number of carbonyl (C=O) groups is 1. The first kappa shape index (κ1) is 25.8. The number of para-hydroxylation sites is 2. The van der Waals surface area contributed by atoms with Gasteiger partial charge >= 0.3 is 0 Å². The first-order chi connectivity index (χ1) is 17.7. The van der Waals surface area contributed by atoms with Crippen LogP contribution in [0.15, 0.2) is 72.8 Å². The molecular formula is C30H34ClN3O2. The predicted molar refractivity (Wildman–Crippen MR) is 147 cm³/mol. The molecule has 0 fully saturated rings. The number of aryl methyl sites for hydroxylation is 3. The zero-order valence-electron chi connectivity index (χ0n) is 20.9. The number of carbonyl (C=O) groups excluding carboxylic acids is 1. The van der Waals surface area contributed by atoms with Crippen LogP contribution in [0.2, 0.25) is 5.02 Å². The van der Waals surface area contributed by atoms with E-state index in [9.17, 15) is 4.79 Å². The molecule has 0 aliphatic heterocycles. The average Bonchev–Trinajstić information content (AvgIpc) is 3.26. The standard InChI is InChI=1S/C30H34ClN3O2/c1-2-23-16-18-24(19-17-23)36-22-10-21-34-28-14-8-7-13-27(28)33-29(34)15-4-3-9-20-32-30(35)25-11-5-6-12-26(25)31/h5-8,11-14,16-19H,2-4,9-10,15,20-22H2,1H3,(H,32,35). The van der Waals surface area contributed by atoms with E-state index in [1.807, 2.05) is 30.3 Å². The van der Waals surface area contributed by atoms with Gasteiger partial charge in [0, 0.05) is 19.5 Å². The van der Waals surface area contributed by atoms with Gasteiger partial charge in [-0.15, -0.1) is 0 Å². The molecule has 1 aromatic heterocycles. The number of fused-ring (bicyclic) bond motifs is 1. The van der Waals surface area contributed by atoms with Gasteiger partial charge in [0.25, 0.3) is 5.91 Å². The van der Waals surface area contributed by atoms with E-state index in [0.29, 0.717) is 23.7 Å². The Balaban J connectivity index is 1.24. The number of unbranched alkanes of at least 4 members (excludes halogenated alkanes) is 2. The minimum Gasteiger partial charge on any atom is -0.494 e. The van der Waals surface area contributed by atoms with Crippen molar-refractivity contribution in [1.29, 1.82) is 0 Å². The van der Waals surface area contributed by atoms with Gasteiger partial charge in [0.1, 0.15) is 11.6 Å². The fraction of sp³-hybridized carbons (Fsp3) is 0.333. The molecule has 0 aliphatic rings. The lowest BCUT2D eigenvalue weighted by molar-refractivity contribution is 0.0953. The van der Waals surface area contributed by atoms with Crippen molar-refractivity contribution in [2.45, 2.75) is 52.0 Å². The van der Waals surface area contributed by atoms with Crippen LogP contribution in [-0.2, 0) is 19.4 Å².